The third kappa shape index (κ3) is 4.21. The SMILES string of the molecule is CS(C)(C)CCOCn1cc(I)c2ncc(Cl)nc21. The molecule has 0 fully saturated rings. The zero-order valence-corrected chi connectivity index (χ0v) is 14.9. The zero-order chi connectivity index (χ0) is 14.0. The van der Waals surface area contributed by atoms with E-state index in [9.17, 15) is 0 Å². The van der Waals surface area contributed by atoms with Crippen molar-refractivity contribution in [3.05, 3.63) is 21.1 Å². The molecule has 0 aliphatic rings. The molecule has 4 nitrogen and oxygen atoms in total. The van der Waals surface area contributed by atoms with Gasteiger partial charge in [0, 0.05) is 11.9 Å². The van der Waals surface area contributed by atoms with Crippen molar-refractivity contribution in [1.29, 1.82) is 0 Å². The van der Waals surface area contributed by atoms with Crippen LogP contribution in [0, 0.1) is 3.57 Å². The fourth-order valence-electron chi connectivity index (χ4n) is 1.56. The Balaban J connectivity index is 2.07. The monoisotopic (exact) mass is 413 g/mol. The van der Waals surface area contributed by atoms with Gasteiger partial charge in [-0.2, -0.15) is 0 Å². The Morgan fingerprint density at radius 3 is 2.84 bits per heavy atom. The molecule has 0 bridgehead atoms. The molecule has 2 aromatic rings. The molecule has 0 radical (unpaired) electrons. The van der Waals surface area contributed by atoms with Gasteiger partial charge >= 0.3 is 0 Å². The first kappa shape index (κ1) is 15.3. The minimum atomic E-state index is -0.507. The van der Waals surface area contributed by atoms with E-state index in [2.05, 4.69) is 51.3 Å². The molecular weight excluding hydrogens is 397 g/mol. The molecule has 2 heterocycles. The normalized spacial score (nSPS) is 13.1. The van der Waals surface area contributed by atoms with Crippen molar-refractivity contribution in [2.45, 2.75) is 6.73 Å². The first-order valence-corrected chi connectivity index (χ1v) is 10.3. The molecule has 2 rings (SSSR count). The lowest BCUT2D eigenvalue weighted by Crippen LogP contribution is -2.09. The summed E-state index contributed by atoms with van der Waals surface area (Å²) in [5.41, 5.74) is 1.65. The predicted octanol–water partition coefficient (Wildman–Crippen LogP) is 3.36. The third-order valence-corrected chi connectivity index (χ3v) is 4.93. The summed E-state index contributed by atoms with van der Waals surface area (Å²) in [5, 5.41) is 0.405. The molecule has 0 amide bonds. The number of rotatable bonds is 5. The van der Waals surface area contributed by atoms with Crippen LogP contribution in [0.15, 0.2) is 12.4 Å². The van der Waals surface area contributed by atoms with Crippen molar-refractivity contribution in [2.24, 2.45) is 0 Å². The zero-order valence-electron chi connectivity index (χ0n) is 11.2. The van der Waals surface area contributed by atoms with Crippen LogP contribution in [0.1, 0.15) is 0 Å². The summed E-state index contributed by atoms with van der Waals surface area (Å²) in [6.07, 6.45) is 10.4. The maximum Gasteiger partial charge on any atom is 0.163 e. The Kier molecular flexibility index (Phi) is 4.97. The highest BCUT2D eigenvalue weighted by atomic mass is 127. The molecule has 7 heteroatoms. The fraction of sp³-hybridized carbons (Fsp3) is 0.500. The van der Waals surface area contributed by atoms with Crippen molar-refractivity contribution >= 4 is 55.4 Å². The van der Waals surface area contributed by atoms with Gasteiger partial charge in [-0.25, -0.2) is 20.0 Å². The minimum absolute atomic E-state index is 0.405. The van der Waals surface area contributed by atoms with Crippen LogP contribution in [0.5, 0.6) is 0 Å². The minimum Gasteiger partial charge on any atom is -0.360 e. The predicted molar refractivity (Wildman–Crippen MR) is 91.4 cm³/mol. The number of halogens is 2. The van der Waals surface area contributed by atoms with E-state index >= 15 is 0 Å². The molecule has 0 aliphatic heterocycles. The maximum atomic E-state index is 5.89. The third-order valence-electron chi connectivity index (χ3n) is 2.56. The van der Waals surface area contributed by atoms with Crippen LogP contribution < -0.4 is 0 Å². The van der Waals surface area contributed by atoms with E-state index < -0.39 is 10.0 Å². The van der Waals surface area contributed by atoms with Gasteiger partial charge in [0.15, 0.2) is 5.65 Å². The van der Waals surface area contributed by atoms with Crippen molar-refractivity contribution in [1.82, 2.24) is 14.5 Å². The van der Waals surface area contributed by atoms with Gasteiger partial charge in [0.05, 0.1) is 16.4 Å². The van der Waals surface area contributed by atoms with Crippen LogP contribution in [0.3, 0.4) is 0 Å². The van der Waals surface area contributed by atoms with Gasteiger partial charge in [0.2, 0.25) is 0 Å². The van der Waals surface area contributed by atoms with E-state index in [1.54, 1.807) is 6.20 Å². The second-order valence-corrected chi connectivity index (χ2v) is 11.3. The lowest BCUT2D eigenvalue weighted by atomic mass is 10.5. The van der Waals surface area contributed by atoms with Gasteiger partial charge in [-0.05, 0) is 41.4 Å². The van der Waals surface area contributed by atoms with Gasteiger partial charge in [0.25, 0.3) is 0 Å². The van der Waals surface area contributed by atoms with Gasteiger partial charge in [-0.1, -0.05) is 11.6 Å². The first-order valence-electron chi connectivity index (χ1n) is 5.77. The molecule has 0 N–H and O–H groups in total. The molecule has 0 unspecified atom stereocenters. The highest BCUT2D eigenvalue weighted by molar-refractivity contribution is 14.1. The number of hydrogen-bond acceptors (Lipinski definition) is 3. The summed E-state index contributed by atoms with van der Waals surface area (Å²) in [5.74, 6) is 1.11. The Hall–Kier alpha value is -0.0500. The van der Waals surface area contributed by atoms with Gasteiger partial charge in [-0.3, -0.25) is 0 Å². The van der Waals surface area contributed by atoms with Crippen LogP contribution in [0.2, 0.25) is 5.15 Å². The molecule has 106 valence electrons. The van der Waals surface area contributed by atoms with E-state index in [4.69, 9.17) is 16.3 Å². The van der Waals surface area contributed by atoms with Crippen LogP contribution in [-0.4, -0.2) is 45.7 Å². The lowest BCUT2D eigenvalue weighted by molar-refractivity contribution is 0.0923. The van der Waals surface area contributed by atoms with E-state index in [-0.39, 0.29) is 0 Å². The average molecular weight is 414 g/mol. The summed E-state index contributed by atoms with van der Waals surface area (Å²) in [7, 11) is -0.507. The number of aromatic nitrogens is 3. The molecular formula is C12H17ClIN3OS. The summed E-state index contributed by atoms with van der Waals surface area (Å²) in [6, 6.07) is 0. The summed E-state index contributed by atoms with van der Waals surface area (Å²) < 4.78 is 8.74. The number of nitrogens with zero attached hydrogens (tertiary/aromatic N) is 3. The highest BCUT2D eigenvalue weighted by Crippen LogP contribution is 2.33. The van der Waals surface area contributed by atoms with Gasteiger partial charge < -0.3 is 9.30 Å². The van der Waals surface area contributed by atoms with E-state index in [1.807, 2.05) is 10.8 Å². The Bertz CT molecular complexity index is 582. The molecule has 0 aromatic carbocycles. The standard InChI is InChI=1S/C12H17ClIN3OS/c1-19(2,3)5-4-18-8-17-7-9(14)11-12(17)16-10(13)6-15-11/h6-7H,4-5,8H2,1-3H3. The van der Waals surface area contributed by atoms with Crippen molar-refractivity contribution in [2.75, 3.05) is 31.1 Å². The van der Waals surface area contributed by atoms with Crippen LogP contribution >= 0.6 is 44.2 Å². The quantitative estimate of drug-likeness (QED) is 0.557. The van der Waals surface area contributed by atoms with Gasteiger partial charge in [-0.15, -0.1) is 0 Å². The molecule has 0 saturated heterocycles. The van der Waals surface area contributed by atoms with Crippen LogP contribution in [0.25, 0.3) is 11.2 Å². The number of fused-ring (bicyclic) bond motifs is 1. The van der Waals surface area contributed by atoms with Crippen LogP contribution in [0.4, 0.5) is 0 Å². The highest BCUT2D eigenvalue weighted by Gasteiger charge is 2.10. The molecule has 0 saturated carbocycles. The van der Waals surface area contributed by atoms with Crippen molar-refractivity contribution in [3.8, 4) is 0 Å². The second kappa shape index (κ2) is 6.15. The lowest BCUT2D eigenvalue weighted by Gasteiger charge is -2.24. The summed E-state index contributed by atoms with van der Waals surface area (Å²) >= 11 is 8.14. The Morgan fingerprint density at radius 2 is 2.16 bits per heavy atom. The van der Waals surface area contributed by atoms with Crippen LogP contribution in [-0.2, 0) is 11.5 Å². The summed E-state index contributed by atoms with van der Waals surface area (Å²) in [6.45, 7) is 1.26. The van der Waals surface area contributed by atoms with E-state index in [1.165, 1.54) is 0 Å². The maximum absolute atomic E-state index is 5.89. The smallest absolute Gasteiger partial charge is 0.163 e. The van der Waals surface area contributed by atoms with Crippen molar-refractivity contribution < 1.29 is 4.74 Å². The molecule has 19 heavy (non-hydrogen) atoms. The molecule has 2 aromatic heterocycles. The van der Waals surface area contributed by atoms with E-state index in [0.717, 1.165) is 27.1 Å². The average Bonchev–Trinajstić information content (AvgIpc) is 2.60. The molecule has 0 aliphatic carbocycles. The summed E-state index contributed by atoms with van der Waals surface area (Å²) in [4.78, 5) is 8.60. The van der Waals surface area contributed by atoms with E-state index in [0.29, 0.717) is 11.9 Å². The largest absolute Gasteiger partial charge is 0.360 e. The molecule has 0 atom stereocenters. The number of hydrogen-bond donors (Lipinski definition) is 0. The first-order chi connectivity index (χ1) is 8.87. The second-order valence-electron chi connectivity index (χ2n) is 5.14. The Labute approximate surface area is 133 Å². The van der Waals surface area contributed by atoms with Crippen molar-refractivity contribution in [3.63, 3.8) is 0 Å². The topological polar surface area (TPSA) is 39.9 Å². The van der Waals surface area contributed by atoms with Gasteiger partial charge in [0.1, 0.15) is 17.4 Å². The fourth-order valence-corrected chi connectivity index (χ4v) is 3.02. The Morgan fingerprint density at radius 1 is 1.42 bits per heavy atom. The number of ether oxygens (including phenoxy) is 1. The molecule has 0 spiro atoms.